The van der Waals surface area contributed by atoms with Gasteiger partial charge in [0.05, 0.1) is 22.1 Å². The summed E-state index contributed by atoms with van der Waals surface area (Å²) in [5.74, 6) is 0. The van der Waals surface area contributed by atoms with Gasteiger partial charge in [0, 0.05) is 44.0 Å². The van der Waals surface area contributed by atoms with E-state index in [1.807, 2.05) is 0 Å². The van der Waals surface area contributed by atoms with Crippen molar-refractivity contribution in [1.82, 2.24) is 13.7 Å². The number of hydrogen-bond acceptors (Lipinski definition) is 0. The van der Waals surface area contributed by atoms with E-state index in [2.05, 4.69) is 165 Å². The van der Waals surface area contributed by atoms with Crippen molar-refractivity contribution >= 4 is 54.6 Å². The lowest BCUT2D eigenvalue weighted by atomic mass is 10.1. The molecule has 0 atom stereocenters. The highest BCUT2D eigenvalue weighted by molar-refractivity contribution is 6.22. The Morgan fingerprint density at radius 3 is 1.34 bits per heavy atom. The van der Waals surface area contributed by atoms with Crippen LogP contribution in [-0.4, -0.2) is 13.7 Å². The molecule has 0 spiro atoms. The fourth-order valence-electron chi connectivity index (χ4n) is 6.75. The van der Waals surface area contributed by atoms with Crippen LogP contribution in [0, 0.1) is 0 Å². The molecule has 3 heteroatoms. The number of rotatable bonds is 3. The second-order valence-electron chi connectivity index (χ2n) is 10.6. The van der Waals surface area contributed by atoms with Gasteiger partial charge in [-0.05, 0) is 60.7 Å². The van der Waals surface area contributed by atoms with Gasteiger partial charge in [-0.2, -0.15) is 0 Å². The minimum Gasteiger partial charge on any atom is -0.309 e. The van der Waals surface area contributed by atoms with Crippen LogP contribution in [0.2, 0.25) is 0 Å². The SMILES string of the molecule is c1ccc(-n2c3ccccc3c3cc(-n4c5ccccc5c5c6ccccc6n(-c6ccccc6)c54)ccc32)cc1. The third-order valence-electron chi connectivity index (χ3n) is 8.42. The van der Waals surface area contributed by atoms with Crippen molar-refractivity contribution in [3.63, 3.8) is 0 Å². The number of benzene rings is 6. The van der Waals surface area contributed by atoms with Gasteiger partial charge in [-0.3, -0.25) is 9.13 Å². The lowest BCUT2D eigenvalue weighted by molar-refractivity contribution is 1.07. The second-order valence-corrected chi connectivity index (χ2v) is 10.6. The van der Waals surface area contributed by atoms with Crippen LogP contribution in [-0.2, 0) is 0 Å². The Kier molecular flexibility index (Phi) is 4.61. The minimum atomic E-state index is 1.15. The maximum absolute atomic E-state index is 2.45. The first-order valence-corrected chi connectivity index (χ1v) is 14.1. The van der Waals surface area contributed by atoms with Crippen molar-refractivity contribution in [2.75, 3.05) is 0 Å². The molecule has 0 aliphatic rings. The Morgan fingerprint density at radius 2 is 0.732 bits per heavy atom. The monoisotopic (exact) mass is 523 g/mol. The Labute approximate surface area is 236 Å². The molecule has 0 N–H and O–H groups in total. The van der Waals surface area contributed by atoms with Crippen molar-refractivity contribution in [2.45, 2.75) is 0 Å². The van der Waals surface area contributed by atoms with E-state index >= 15 is 0 Å². The van der Waals surface area contributed by atoms with Crippen LogP contribution in [0.4, 0.5) is 0 Å². The summed E-state index contributed by atoms with van der Waals surface area (Å²) in [6.07, 6.45) is 0. The smallest absolute Gasteiger partial charge is 0.131 e. The van der Waals surface area contributed by atoms with E-state index in [1.54, 1.807) is 0 Å². The molecule has 0 saturated heterocycles. The molecule has 0 fully saturated rings. The Hall–Kier alpha value is -5.54. The van der Waals surface area contributed by atoms with Crippen LogP contribution < -0.4 is 0 Å². The number of aromatic nitrogens is 3. The number of para-hydroxylation sites is 5. The van der Waals surface area contributed by atoms with Crippen molar-refractivity contribution in [2.24, 2.45) is 0 Å². The van der Waals surface area contributed by atoms with Crippen LogP contribution in [0.15, 0.2) is 152 Å². The van der Waals surface area contributed by atoms with Crippen LogP contribution >= 0.6 is 0 Å². The van der Waals surface area contributed by atoms with Gasteiger partial charge in [0.2, 0.25) is 0 Å². The molecule has 0 amide bonds. The van der Waals surface area contributed by atoms with E-state index in [0.717, 1.165) is 11.4 Å². The first-order chi connectivity index (χ1) is 20.4. The summed E-state index contributed by atoms with van der Waals surface area (Å²) in [5.41, 5.74) is 9.51. The van der Waals surface area contributed by atoms with E-state index in [9.17, 15) is 0 Å². The van der Waals surface area contributed by atoms with E-state index in [1.165, 1.54) is 60.3 Å². The standard InChI is InChI=1S/C38H25N3/c1-3-13-26(14-4-1)39-33-20-10-7-17-29(33)32-25-28(23-24-36(32)39)41-35-22-12-9-19-31(35)37-30-18-8-11-21-34(30)40(38(37)41)27-15-5-2-6-16-27/h1-25H. The number of nitrogens with zero attached hydrogens (tertiary/aromatic N) is 3. The molecule has 0 radical (unpaired) electrons. The van der Waals surface area contributed by atoms with Crippen molar-refractivity contribution in [1.29, 1.82) is 0 Å². The molecule has 41 heavy (non-hydrogen) atoms. The molecule has 9 rings (SSSR count). The summed E-state index contributed by atoms with van der Waals surface area (Å²) in [6, 6.07) is 54.6. The normalized spacial score (nSPS) is 11.9. The summed E-state index contributed by atoms with van der Waals surface area (Å²) in [4.78, 5) is 0. The minimum absolute atomic E-state index is 1.15. The first-order valence-electron chi connectivity index (χ1n) is 14.1. The van der Waals surface area contributed by atoms with Gasteiger partial charge >= 0.3 is 0 Å². The van der Waals surface area contributed by atoms with Gasteiger partial charge < -0.3 is 4.57 Å². The van der Waals surface area contributed by atoms with Crippen molar-refractivity contribution < 1.29 is 0 Å². The van der Waals surface area contributed by atoms with Gasteiger partial charge in [-0.25, -0.2) is 0 Å². The molecule has 0 aliphatic carbocycles. The molecule has 3 aromatic heterocycles. The average Bonchev–Trinajstić information content (AvgIpc) is 3.67. The van der Waals surface area contributed by atoms with E-state index in [0.29, 0.717) is 0 Å². The predicted octanol–water partition coefficient (Wildman–Crippen LogP) is 9.82. The fourth-order valence-corrected chi connectivity index (χ4v) is 6.75. The van der Waals surface area contributed by atoms with Crippen LogP contribution in [0.5, 0.6) is 0 Å². The first kappa shape index (κ1) is 22.3. The summed E-state index contributed by atoms with van der Waals surface area (Å²) >= 11 is 0. The van der Waals surface area contributed by atoms with Gasteiger partial charge in [0.25, 0.3) is 0 Å². The highest BCUT2D eigenvalue weighted by atomic mass is 15.1. The second kappa shape index (κ2) is 8.48. The molecule has 0 aliphatic heterocycles. The fraction of sp³-hybridized carbons (Fsp3) is 0. The summed E-state index contributed by atoms with van der Waals surface area (Å²) in [5, 5.41) is 6.31. The predicted molar refractivity (Wildman–Crippen MR) is 172 cm³/mol. The highest BCUT2D eigenvalue weighted by Gasteiger charge is 2.22. The largest absolute Gasteiger partial charge is 0.309 e. The summed E-state index contributed by atoms with van der Waals surface area (Å²) in [6.45, 7) is 0. The van der Waals surface area contributed by atoms with Crippen molar-refractivity contribution in [3.05, 3.63) is 152 Å². The van der Waals surface area contributed by atoms with Crippen LogP contribution in [0.25, 0.3) is 71.7 Å². The van der Waals surface area contributed by atoms with E-state index < -0.39 is 0 Å². The van der Waals surface area contributed by atoms with Gasteiger partial charge in [-0.15, -0.1) is 0 Å². The van der Waals surface area contributed by atoms with Gasteiger partial charge in [0.15, 0.2) is 0 Å². The Morgan fingerprint density at radius 1 is 0.293 bits per heavy atom. The molecule has 0 saturated carbocycles. The molecule has 0 bridgehead atoms. The van der Waals surface area contributed by atoms with E-state index in [-0.39, 0.29) is 0 Å². The Bertz CT molecular complexity index is 2400. The summed E-state index contributed by atoms with van der Waals surface area (Å²) in [7, 11) is 0. The van der Waals surface area contributed by atoms with E-state index in [4.69, 9.17) is 0 Å². The topological polar surface area (TPSA) is 14.8 Å². The number of hydrogen-bond donors (Lipinski definition) is 0. The molecular weight excluding hydrogens is 498 g/mol. The lowest BCUT2D eigenvalue weighted by Crippen LogP contribution is -2.01. The zero-order chi connectivity index (χ0) is 26.9. The summed E-state index contributed by atoms with van der Waals surface area (Å²) < 4.78 is 7.24. The molecule has 9 aromatic rings. The maximum atomic E-state index is 2.45. The molecular formula is C38H25N3. The van der Waals surface area contributed by atoms with Crippen LogP contribution in [0.3, 0.4) is 0 Å². The molecule has 192 valence electrons. The van der Waals surface area contributed by atoms with Crippen molar-refractivity contribution in [3.8, 4) is 17.1 Å². The number of fused-ring (bicyclic) bond motifs is 8. The quantitative estimate of drug-likeness (QED) is 0.219. The Balaban J connectivity index is 1.44. The maximum Gasteiger partial charge on any atom is 0.131 e. The zero-order valence-corrected chi connectivity index (χ0v) is 22.3. The lowest BCUT2D eigenvalue weighted by Gasteiger charge is -2.13. The highest BCUT2D eigenvalue weighted by Crippen LogP contribution is 2.41. The van der Waals surface area contributed by atoms with Crippen LogP contribution in [0.1, 0.15) is 0 Å². The average molecular weight is 524 g/mol. The molecule has 6 aromatic carbocycles. The molecule has 3 nitrogen and oxygen atoms in total. The molecule has 0 unspecified atom stereocenters. The third-order valence-corrected chi connectivity index (χ3v) is 8.42. The van der Waals surface area contributed by atoms with Gasteiger partial charge in [0.1, 0.15) is 5.65 Å². The molecule has 3 heterocycles. The zero-order valence-electron chi connectivity index (χ0n) is 22.3. The third kappa shape index (κ3) is 3.09. The van der Waals surface area contributed by atoms with Gasteiger partial charge in [-0.1, -0.05) is 91.0 Å².